The summed E-state index contributed by atoms with van der Waals surface area (Å²) in [6.07, 6.45) is 1.81. The first kappa shape index (κ1) is 11.0. The zero-order chi connectivity index (χ0) is 11.7. The molecule has 0 saturated heterocycles. The molecular weight excluding hydrogens is 200 g/mol. The number of carbonyl (C=O) groups excluding carboxylic acids is 1. The fraction of sp³-hybridized carbons (Fsp3) is 0.462. The lowest BCUT2D eigenvalue weighted by Crippen LogP contribution is -2.33. The smallest absolute Gasteiger partial charge is 0.229 e. The van der Waals surface area contributed by atoms with Gasteiger partial charge in [-0.05, 0) is 36.6 Å². The van der Waals surface area contributed by atoms with Crippen LogP contribution in [0.15, 0.2) is 18.2 Å². The van der Waals surface area contributed by atoms with Crippen LogP contribution in [0.1, 0.15) is 25.8 Å². The zero-order valence-electron chi connectivity index (χ0n) is 9.86. The Hall–Kier alpha value is -1.51. The molecule has 1 unspecified atom stereocenters. The number of nitrogens with two attached hydrogens (primary N) is 1. The third kappa shape index (κ3) is 1.77. The van der Waals surface area contributed by atoms with Crippen LogP contribution in [0.4, 0.5) is 11.4 Å². The number of hydrogen-bond donors (Lipinski definition) is 1. The minimum atomic E-state index is 0.100. The maximum absolute atomic E-state index is 12.1. The Labute approximate surface area is 96.2 Å². The molecule has 3 heteroatoms. The van der Waals surface area contributed by atoms with Gasteiger partial charge < -0.3 is 10.6 Å². The Morgan fingerprint density at radius 3 is 3.00 bits per heavy atom. The van der Waals surface area contributed by atoms with E-state index in [2.05, 4.69) is 0 Å². The molecule has 1 amide bonds. The number of benzene rings is 1. The van der Waals surface area contributed by atoms with Crippen LogP contribution in [0.25, 0.3) is 0 Å². The Morgan fingerprint density at radius 1 is 1.56 bits per heavy atom. The highest BCUT2D eigenvalue weighted by Crippen LogP contribution is 2.30. The minimum absolute atomic E-state index is 0.100. The van der Waals surface area contributed by atoms with Crippen molar-refractivity contribution < 1.29 is 4.79 Å². The second-order valence-corrected chi connectivity index (χ2v) is 4.44. The van der Waals surface area contributed by atoms with E-state index < -0.39 is 0 Å². The van der Waals surface area contributed by atoms with Crippen molar-refractivity contribution in [2.75, 3.05) is 17.2 Å². The molecule has 3 nitrogen and oxygen atoms in total. The number of fused-ring (bicyclic) bond motifs is 1. The van der Waals surface area contributed by atoms with Gasteiger partial charge in [0.05, 0.1) is 0 Å². The molecule has 0 saturated carbocycles. The minimum Gasteiger partial charge on any atom is -0.399 e. The molecule has 1 atom stereocenters. The SMILES string of the molecule is CCC(C)C(=O)N1CCc2cc(N)ccc21. The number of carbonyl (C=O) groups is 1. The van der Waals surface area contributed by atoms with E-state index >= 15 is 0 Å². The average Bonchev–Trinajstić information content (AvgIpc) is 2.69. The molecule has 1 aliphatic heterocycles. The first-order valence-corrected chi connectivity index (χ1v) is 5.83. The monoisotopic (exact) mass is 218 g/mol. The summed E-state index contributed by atoms with van der Waals surface area (Å²) in [5, 5.41) is 0. The van der Waals surface area contributed by atoms with Gasteiger partial charge in [0.2, 0.25) is 5.91 Å². The van der Waals surface area contributed by atoms with Crippen LogP contribution in [0, 0.1) is 5.92 Å². The standard InChI is InChI=1S/C13H18N2O/c1-3-9(2)13(16)15-7-6-10-8-11(14)4-5-12(10)15/h4-5,8-9H,3,6-7,14H2,1-2H3. The largest absolute Gasteiger partial charge is 0.399 e. The number of hydrogen-bond acceptors (Lipinski definition) is 2. The second-order valence-electron chi connectivity index (χ2n) is 4.44. The molecule has 0 radical (unpaired) electrons. The van der Waals surface area contributed by atoms with E-state index in [0.717, 1.165) is 30.8 Å². The Bertz CT molecular complexity index is 414. The molecule has 1 aliphatic rings. The normalized spacial score (nSPS) is 16.0. The van der Waals surface area contributed by atoms with E-state index in [0.29, 0.717) is 0 Å². The Morgan fingerprint density at radius 2 is 2.31 bits per heavy atom. The lowest BCUT2D eigenvalue weighted by atomic mass is 10.1. The highest BCUT2D eigenvalue weighted by molar-refractivity contribution is 5.97. The van der Waals surface area contributed by atoms with Crippen LogP contribution < -0.4 is 10.6 Å². The third-order valence-electron chi connectivity index (χ3n) is 3.30. The molecule has 2 rings (SSSR count). The van der Waals surface area contributed by atoms with Gasteiger partial charge in [0.15, 0.2) is 0 Å². The summed E-state index contributed by atoms with van der Waals surface area (Å²) in [6, 6.07) is 5.79. The molecule has 0 aliphatic carbocycles. The van der Waals surface area contributed by atoms with Gasteiger partial charge >= 0.3 is 0 Å². The molecule has 0 spiro atoms. The van der Waals surface area contributed by atoms with Gasteiger partial charge in [-0.1, -0.05) is 13.8 Å². The summed E-state index contributed by atoms with van der Waals surface area (Å²) in [7, 11) is 0. The van der Waals surface area contributed by atoms with Crippen molar-refractivity contribution in [2.45, 2.75) is 26.7 Å². The number of nitrogens with zero attached hydrogens (tertiary/aromatic N) is 1. The van der Waals surface area contributed by atoms with E-state index in [-0.39, 0.29) is 11.8 Å². The van der Waals surface area contributed by atoms with Crippen LogP contribution in [-0.4, -0.2) is 12.5 Å². The maximum Gasteiger partial charge on any atom is 0.229 e. The van der Waals surface area contributed by atoms with Crippen molar-refractivity contribution in [1.29, 1.82) is 0 Å². The highest BCUT2D eigenvalue weighted by atomic mass is 16.2. The molecule has 1 aromatic carbocycles. The number of nitrogen functional groups attached to an aromatic ring is 1. The van der Waals surface area contributed by atoms with Gasteiger partial charge in [0.25, 0.3) is 0 Å². The van der Waals surface area contributed by atoms with Gasteiger partial charge in [-0.3, -0.25) is 4.79 Å². The maximum atomic E-state index is 12.1. The molecule has 86 valence electrons. The predicted molar refractivity (Wildman–Crippen MR) is 66.4 cm³/mol. The second kappa shape index (κ2) is 4.16. The zero-order valence-corrected chi connectivity index (χ0v) is 9.86. The summed E-state index contributed by atoms with van der Waals surface area (Å²) >= 11 is 0. The average molecular weight is 218 g/mol. The van der Waals surface area contributed by atoms with Crippen molar-refractivity contribution in [2.24, 2.45) is 5.92 Å². The summed E-state index contributed by atoms with van der Waals surface area (Å²) < 4.78 is 0. The predicted octanol–water partition coefficient (Wildman–Crippen LogP) is 2.20. The number of anilines is 2. The van der Waals surface area contributed by atoms with Crippen molar-refractivity contribution in [3.8, 4) is 0 Å². The molecule has 2 N–H and O–H groups in total. The van der Waals surface area contributed by atoms with E-state index in [4.69, 9.17) is 5.73 Å². The van der Waals surface area contributed by atoms with Crippen LogP contribution in [-0.2, 0) is 11.2 Å². The summed E-state index contributed by atoms with van der Waals surface area (Å²) in [5.41, 5.74) is 8.74. The van der Waals surface area contributed by atoms with Crippen molar-refractivity contribution in [1.82, 2.24) is 0 Å². The summed E-state index contributed by atoms with van der Waals surface area (Å²) in [5.74, 6) is 0.328. The highest BCUT2D eigenvalue weighted by Gasteiger charge is 2.26. The lowest BCUT2D eigenvalue weighted by Gasteiger charge is -2.20. The van der Waals surface area contributed by atoms with Crippen molar-refractivity contribution in [3.63, 3.8) is 0 Å². The number of rotatable bonds is 2. The molecule has 1 heterocycles. The lowest BCUT2D eigenvalue weighted by molar-refractivity contribution is -0.121. The van der Waals surface area contributed by atoms with Crippen LogP contribution >= 0.6 is 0 Å². The summed E-state index contributed by atoms with van der Waals surface area (Å²) in [4.78, 5) is 14.0. The fourth-order valence-corrected chi connectivity index (χ4v) is 2.09. The fourth-order valence-electron chi connectivity index (χ4n) is 2.09. The molecule has 0 fully saturated rings. The van der Waals surface area contributed by atoms with E-state index in [9.17, 15) is 4.79 Å². The molecule has 0 aromatic heterocycles. The first-order chi connectivity index (χ1) is 7.63. The Balaban J connectivity index is 2.27. The van der Waals surface area contributed by atoms with Crippen LogP contribution in [0.5, 0.6) is 0 Å². The first-order valence-electron chi connectivity index (χ1n) is 5.83. The molecule has 16 heavy (non-hydrogen) atoms. The van der Waals surface area contributed by atoms with Crippen molar-refractivity contribution >= 4 is 17.3 Å². The van der Waals surface area contributed by atoms with E-state index in [1.54, 1.807) is 0 Å². The van der Waals surface area contributed by atoms with Gasteiger partial charge in [-0.2, -0.15) is 0 Å². The Kier molecular flexibility index (Phi) is 2.86. The van der Waals surface area contributed by atoms with E-state index in [1.807, 2.05) is 36.9 Å². The van der Waals surface area contributed by atoms with E-state index in [1.165, 1.54) is 5.56 Å². The van der Waals surface area contributed by atoms with Crippen molar-refractivity contribution in [3.05, 3.63) is 23.8 Å². The number of amides is 1. The quantitative estimate of drug-likeness (QED) is 0.773. The van der Waals surface area contributed by atoms with Gasteiger partial charge in [0, 0.05) is 23.8 Å². The molecule has 0 bridgehead atoms. The van der Waals surface area contributed by atoms with Gasteiger partial charge in [-0.25, -0.2) is 0 Å². The summed E-state index contributed by atoms with van der Waals surface area (Å²) in [6.45, 7) is 4.82. The molecule has 1 aromatic rings. The topological polar surface area (TPSA) is 46.3 Å². The third-order valence-corrected chi connectivity index (χ3v) is 3.30. The van der Waals surface area contributed by atoms with Gasteiger partial charge in [-0.15, -0.1) is 0 Å². The van der Waals surface area contributed by atoms with Crippen LogP contribution in [0.2, 0.25) is 0 Å². The molecular formula is C13H18N2O. The van der Waals surface area contributed by atoms with Crippen LogP contribution in [0.3, 0.4) is 0 Å². The van der Waals surface area contributed by atoms with Gasteiger partial charge in [0.1, 0.15) is 0 Å².